The Bertz CT molecular complexity index is 631. The molecular weight excluding hydrogens is 322 g/mol. The molecule has 4 nitrogen and oxygen atoms in total. The predicted octanol–water partition coefficient (Wildman–Crippen LogP) is 3.28. The number of ether oxygens (including phenoxy) is 2. The Morgan fingerprint density at radius 1 is 1.10 bits per heavy atom. The van der Waals surface area contributed by atoms with Gasteiger partial charge in [0.25, 0.3) is 0 Å². The van der Waals surface area contributed by atoms with Crippen LogP contribution in [0.1, 0.15) is 11.1 Å². The number of benzene rings is 2. The topological polar surface area (TPSA) is 50.7 Å². The van der Waals surface area contributed by atoms with Crippen molar-refractivity contribution in [3.05, 3.63) is 52.0 Å². The molecule has 0 aromatic heterocycles. The molecule has 20 heavy (non-hydrogen) atoms. The van der Waals surface area contributed by atoms with Crippen LogP contribution in [0.3, 0.4) is 0 Å². The largest absolute Gasteiger partial charge is 0.454 e. The van der Waals surface area contributed by atoms with Crippen molar-refractivity contribution < 1.29 is 14.6 Å². The molecule has 0 radical (unpaired) electrons. The van der Waals surface area contributed by atoms with E-state index in [0.717, 1.165) is 32.8 Å². The Hall–Kier alpha value is -1.72. The van der Waals surface area contributed by atoms with Gasteiger partial charge in [-0.25, -0.2) is 0 Å². The Morgan fingerprint density at radius 2 is 1.85 bits per heavy atom. The zero-order valence-corrected chi connectivity index (χ0v) is 12.3. The van der Waals surface area contributed by atoms with Crippen LogP contribution in [0.2, 0.25) is 0 Å². The van der Waals surface area contributed by atoms with Crippen LogP contribution in [0.4, 0.5) is 5.69 Å². The average Bonchev–Trinajstić information content (AvgIpc) is 2.92. The van der Waals surface area contributed by atoms with Gasteiger partial charge in [0.15, 0.2) is 11.5 Å². The van der Waals surface area contributed by atoms with Gasteiger partial charge < -0.3 is 19.9 Å². The lowest BCUT2D eigenvalue weighted by atomic mass is 10.1. The number of anilines is 1. The smallest absolute Gasteiger partial charge is 0.231 e. The Balaban J connectivity index is 1.78. The van der Waals surface area contributed by atoms with E-state index in [1.807, 2.05) is 36.4 Å². The van der Waals surface area contributed by atoms with E-state index in [2.05, 4.69) is 21.2 Å². The monoisotopic (exact) mass is 335 g/mol. The Labute approximate surface area is 125 Å². The number of nitrogens with one attached hydrogen (secondary N) is 1. The van der Waals surface area contributed by atoms with E-state index < -0.39 is 0 Å². The van der Waals surface area contributed by atoms with Gasteiger partial charge in [-0.3, -0.25) is 0 Å². The van der Waals surface area contributed by atoms with Crippen LogP contribution in [0.15, 0.2) is 40.9 Å². The lowest BCUT2D eigenvalue weighted by Crippen LogP contribution is -2.03. The summed E-state index contributed by atoms with van der Waals surface area (Å²) in [6, 6.07) is 11.6. The first kappa shape index (κ1) is 13.3. The van der Waals surface area contributed by atoms with E-state index in [0.29, 0.717) is 6.54 Å². The van der Waals surface area contributed by atoms with Crippen molar-refractivity contribution in [3.63, 3.8) is 0 Å². The standard InChI is InChI=1S/C15H14BrNO3/c16-12-6-15-14(19-9-20-15)5-11(12)7-17-13-4-2-1-3-10(13)8-18/h1-6,17-18H,7-9H2. The highest BCUT2D eigenvalue weighted by molar-refractivity contribution is 9.10. The number of aliphatic hydroxyl groups is 1. The molecule has 0 saturated heterocycles. The summed E-state index contributed by atoms with van der Waals surface area (Å²) in [4.78, 5) is 0. The van der Waals surface area contributed by atoms with E-state index in [1.54, 1.807) is 0 Å². The number of hydrogen-bond acceptors (Lipinski definition) is 4. The molecule has 0 aliphatic carbocycles. The molecule has 2 aromatic carbocycles. The Kier molecular flexibility index (Phi) is 3.80. The molecule has 0 spiro atoms. The molecule has 104 valence electrons. The van der Waals surface area contributed by atoms with Crippen molar-refractivity contribution in [3.8, 4) is 11.5 Å². The molecule has 0 fully saturated rings. The zero-order chi connectivity index (χ0) is 13.9. The molecule has 1 aliphatic heterocycles. The molecule has 0 saturated carbocycles. The zero-order valence-electron chi connectivity index (χ0n) is 10.7. The lowest BCUT2D eigenvalue weighted by molar-refractivity contribution is 0.174. The highest BCUT2D eigenvalue weighted by Crippen LogP contribution is 2.37. The van der Waals surface area contributed by atoms with E-state index in [9.17, 15) is 5.11 Å². The first-order valence-electron chi connectivity index (χ1n) is 6.28. The summed E-state index contributed by atoms with van der Waals surface area (Å²) in [6.07, 6.45) is 0. The van der Waals surface area contributed by atoms with E-state index in [4.69, 9.17) is 9.47 Å². The van der Waals surface area contributed by atoms with Crippen molar-refractivity contribution in [2.45, 2.75) is 13.2 Å². The van der Waals surface area contributed by atoms with Crippen molar-refractivity contribution in [1.29, 1.82) is 0 Å². The number of rotatable bonds is 4. The highest BCUT2D eigenvalue weighted by Gasteiger charge is 2.16. The second kappa shape index (κ2) is 5.73. The third-order valence-electron chi connectivity index (χ3n) is 3.20. The van der Waals surface area contributed by atoms with Gasteiger partial charge in [0, 0.05) is 22.3 Å². The maximum Gasteiger partial charge on any atom is 0.231 e. The van der Waals surface area contributed by atoms with Crippen LogP contribution >= 0.6 is 15.9 Å². The van der Waals surface area contributed by atoms with Gasteiger partial charge in [-0.2, -0.15) is 0 Å². The molecule has 0 bridgehead atoms. The third kappa shape index (κ3) is 2.59. The second-order valence-corrected chi connectivity index (χ2v) is 5.32. The predicted molar refractivity (Wildman–Crippen MR) is 80.0 cm³/mol. The lowest BCUT2D eigenvalue weighted by Gasteiger charge is -2.12. The minimum absolute atomic E-state index is 0.0193. The second-order valence-electron chi connectivity index (χ2n) is 4.47. The summed E-state index contributed by atoms with van der Waals surface area (Å²) in [5.41, 5.74) is 2.88. The average molecular weight is 336 g/mol. The minimum Gasteiger partial charge on any atom is -0.454 e. The number of hydrogen-bond donors (Lipinski definition) is 2. The van der Waals surface area contributed by atoms with Gasteiger partial charge >= 0.3 is 0 Å². The molecule has 2 aromatic rings. The highest BCUT2D eigenvalue weighted by atomic mass is 79.9. The van der Waals surface area contributed by atoms with Crippen molar-refractivity contribution in [1.82, 2.24) is 0 Å². The van der Waals surface area contributed by atoms with E-state index >= 15 is 0 Å². The van der Waals surface area contributed by atoms with Crippen LogP contribution in [0, 0.1) is 0 Å². The summed E-state index contributed by atoms with van der Waals surface area (Å²) < 4.78 is 11.7. The molecule has 0 unspecified atom stereocenters. The molecule has 1 aliphatic rings. The van der Waals surface area contributed by atoms with Gasteiger partial charge in [-0.1, -0.05) is 34.1 Å². The molecule has 0 amide bonds. The molecule has 5 heteroatoms. The molecule has 2 N–H and O–H groups in total. The van der Waals surface area contributed by atoms with Crippen molar-refractivity contribution >= 4 is 21.6 Å². The van der Waals surface area contributed by atoms with Crippen LogP contribution in [-0.2, 0) is 13.2 Å². The van der Waals surface area contributed by atoms with Crippen molar-refractivity contribution in [2.24, 2.45) is 0 Å². The van der Waals surface area contributed by atoms with Gasteiger partial charge in [0.05, 0.1) is 6.61 Å². The molecule has 1 heterocycles. The first-order valence-corrected chi connectivity index (χ1v) is 7.08. The maximum absolute atomic E-state index is 9.31. The molecular formula is C15H14BrNO3. The van der Waals surface area contributed by atoms with Crippen LogP contribution in [0.25, 0.3) is 0 Å². The van der Waals surface area contributed by atoms with Gasteiger partial charge in [-0.15, -0.1) is 0 Å². The van der Waals surface area contributed by atoms with Crippen molar-refractivity contribution in [2.75, 3.05) is 12.1 Å². The summed E-state index contributed by atoms with van der Waals surface area (Å²) in [7, 11) is 0. The number of para-hydroxylation sites is 1. The number of aliphatic hydroxyl groups excluding tert-OH is 1. The number of fused-ring (bicyclic) bond motifs is 1. The fraction of sp³-hybridized carbons (Fsp3) is 0.200. The quantitative estimate of drug-likeness (QED) is 0.900. The molecule has 0 atom stereocenters. The van der Waals surface area contributed by atoms with Gasteiger partial charge in [0.2, 0.25) is 6.79 Å². The fourth-order valence-corrected chi connectivity index (χ4v) is 2.58. The van der Waals surface area contributed by atoms with Crippen LogP contribution in [0.5, 0.6) is 11.5 Å². The summed E-state index contributed by atoms with van der Waals surface area (Å²) in [5.74, 6) is 1.52. The summed E-state index contributed by atoms with van der Waals surface area (Å²) in [6.45, 7) is 0.922. The summed E-state index contributed by atoms with van der Waals surface area (Å²) in [5, 5.41) is 12.6. The van der Waals surface area contributed by atoms with E-state index in [1.165, 1.54) is 0 Å². The van der Waals surface area contributed by atoms with Crippen LogP contribution in [-0.4, -0.2) is 11.9 Å². The molecule has 3 rings (SSSR count). The summed E-state index contributed by atoms with van der Waals surface area (Å²) >= 11 is 3.53. The third-order valence-corrected chi connectivity index (χ3v) is 3.94. The normalized spacial score (nSPS) is 12.5. The van der Waals surface area contributed by atoms with E-state index in [-0.39, 0.29) is 13.4 Å². The van der Waals surface area contributed by atoms with Crippen LogP contribution < -0.4 is 14.8 Å². The number of halogens is 1. The maximum atomic E-state index is 9.31. The Morgan fingerprint density at radius 3 is 2.65 bits per heavy atom. The fourth-order valence-electron chi connectivity index (χ4n) is 2.12. The minimum atomic E-state index is 0.0193. The first-order chi connectivity index (χ1) is 9.78. The van der Waals surface area contributed by atoms with Gasteiger partial charge in [-0.05, 0) is 23.8 Å². The van der Waals surface area contributed by atoms with Gasteiger partial charge in [0.1, 0.15) is 0 Å². The SMILES string of the molecule is OCc1ccccc1NCc1cc2c(cc1Br)OCO2.